The molecule has 0 aliphatic carbocycles. The average Bonchev–Trinajstić information content (AvgIpc) is 2.57. The summed E-state index contributed by atoms with van der Waals surface area (Å²) in [5.41, 5.74) is 0.534. The van der Waals surface area contributed by atoms with E-state index < -0.39 is 17.1 Å². The summed E-state index contributed by atoms with van der Waals surface area (Å²) >= 11 is 0. The highest BCUT2D eigenvalue weighted by Gasteiger charge is 2.20. The van der Waals surface area contributed by atoms with Gasteiger partial charge in [0.1, 0.15) is 0 Å². The van der Waals surface area contributed by atoms with Crippen LogP contribution in [0.1, 0.15) is 37.4 Å². The van der Waals surface area contributed by atoms with E-state index in [9.17, 15) is 20.3 Å². The van der Waals surface area contributed by atoms with E-state index in [-0.39, 0.29) is 12.3 Å². The second-order valence-electron chi connectivity index (χ2n) is 5.55. The van der Waals surface area contributed by atoms with Crippen LogP contribution >= 0.6 is 0 Å². The first kappa shape index (κ1) is 19.5. The lowest BCUT2D eigenvalue weighted by molar-refractivity contribution is -0.384. The molecule has 0 spiro atoms. The van der Waals surface area contributed by atoms with E-state index in [4.69, 9.17) is 0 Å². The number of rotatable bonds is 12. The van der Waals surface area contributed by atoms with Crippen LogP contribution in [0, 0.1) is 10.1 Å². The topological polar surface area (TPSA) is 108 Å². The minimum atomic E-state index is -0.898. The van der Waals surface area contributed by atoms with E-state index in [2.05, 4.69) is 10.6 Å². The predicted octanol–water partition coefficient (Wildman–Crippen LogP) is 1.36. The van der Waals surface area contributed by atoms with Crippen LogP contribution in [0.25, 0.3) is 0 Å². The number of benzene rings is 1. The number of nitro groups is 1. The number of aliphatic hydroxyl groups excluding tert-OH is 2. The molecule has 0 unspecified atom stereocenters. The highest BCUT2D eigenvalue weighted by atomic mass is 16.6. The zero-order valence-corrected chi connectivity index (χ0v) is 13.6. The Morgan fingerprint density at radius 3 is 2.26 bits per heavy atom. The Balaban J connectivity index is 2.39. The third-order valence-corrected chi connectivity index (χ3v) is 3.78. The molecule has 0 aliphatic rings. The van der Waals surface area contributed by atoms with Crippen LogP contribution in [0.4, 0.5) is 5.69 Å². The molecule has 4 N–H and O–H groups in total. The maximum atomic E-state index is 10.6. The molecular weight excluding hydrogens is 298 g/mol. The van der Waals surface area contributed by atoms with Gasteiger partial charge in [0.15, 0.2) is 0 Å². The van der Waals surface area contributed by atoms with Crippen LogP contribution in [-0.4, -0.2) is 47.9 Å². The fourth-order valence-corrected chi connectivity index (χ4v) is 2.37. The van der Waals surface area contributed by atoms with Gasteiger partial charge in [-0.2, -0.15) is 0 Å². The third kappa shape index (κ3) is 7.04. The Labute approximate surface area is 136 Å². The van der Waals surface area contributed by atoms with E-state index in [1.54, 1.807) is 0 Å². The second-order valence-corrected chi connectivity index (χ2v) is 5.55. The number of aliphatic hydroxyl groups is 2. The Kier molecular flexibility index (Phi) is 9.39. The van der Waals surface area contributed by atoms with Crippen LogP contribution < -0.4 is 10.6 Å². The first-order valence-electron chi connectivity index (χ1n) is 8.01. The van der Waals surface area contributed by atoms with Gasteiger partial charge in [-0.1, -0.05) is 12.8 Å². The lowest BCUT2D eigenvalue weighted by atomic mass is 10.0. The minimum absolute atomic E-state index is 0.0176. The van der Waals surface area contributed by atoms with Gasteiger partial charge >= 0.3 is 0 Å². The van der Waals surface area contributed by atoms with Crippen LogP contribution in [0.3, 0.4) is 0 Å². The molecule has 23 heavy (non-hydrogen) atoms. The summed E-state index contributed by atoms with van der Waals surface area (Å²) in [7, 11) is 1.94. The van der Waals surface area contributed by atoms with E-state index in [0.29, 0.717) is 5.56 Å². The fourth-order valence-electron chi connectivity index (χ4n) is 2.37. The fraction of sp³-hybridized carbons (Fsp3) is 0.625. The van der Waals surface area contributed by atoms with Crippen molar-refractivity contribution < 1.29 is 15.1 Å². The Morgan fingerprint density at radius 1 is 1.13 bits per heavy atom. The molecule has 7 heteroatoms. The number of nitro benzene ring substituents is 1. The molecule has 0 aromatic heterocycles. The van der Waals surface area contributed by atoms with Gasteiger partial charge in [0, 0.05) is 12.1 Å². The smallest absolute Gasteiger partial charge is 0.269 e. The quantitative estimate of drug-likeness (QED) is 0.262. The van der Waals surface area contributed by atoms with Gasteiger partial charge in [0.05, 0.1) is 23.7 Å². The van der Waals surface area contributed by atoms with Crippen molar-refractivity contribution in [2.75, 3.05) is 26.7 Å². The molecule has 0 saturated carbocycles. The van der Waals surface area contributed by atoms with Crippen molar-refractivity contribution in [1.82, 2.24) is 10.6 Å². The van der Waals surface area contributed by atoms with Crippen molar-refractivity contribution in [3.05, 3.63) is 39.9 Å². The number of nitrogens with zero attached hydrogens (tertiary/aromatic N) is 1. The van der Waals surface area contributed by atoms with Crippen LogP contribution in [-0.2, 0) is 0 Å². The Morgan fingerprint density at radius 2 is 1.74 bits per heavy atom. The molecule has 7 nitrogen and oxygen atoms in total. The van der Waals surface area contributed by atoms with E-state index in [1.165, 1.54) is 24.3 Å². The molecule has 0 heterocycles. The lowest BCUT2D eigenvalue weighted by Crippen LogP contribution is -2.38. The second kappa shape index (κ2) is 11.1. The molecule has 0 fully saturated rings. The highest BCUT2D eigenvalue weighted by molar-refractivity contribution is 5.34. The summed E-state index contributed by atoms with van der Waals surface area (Å²) in [5, 5.41) is 36.6. The molecule has 1 rings (SSSR count). The minimum Gasteiger partial charge on any atom is -0.395 e. The predicted molar refractivity (Wildman–Crippen MR) is 89.3 cm³/mol. The van der Waals surface area contributed by atoms with Gasteiger partial charge in [0.2, 0.25) is 0 Å². The first-order chi connectivity index (χ1) is 11.1. The van der Waals surface area contributed by atoms with E-state index >= 15 is 0 Å². The number of non-ortho nitro benzene ring substituents is 1. The van der Waals surface area contributed by atoms with Crippen molar-refractivity contribution in [2.45, 2.75) is 37.8 Å². The number of nitrogens with one attached hydrogen (secondary N) is 2. The monoisotopic (exact) mass is 325 g/mol. The van der Waals surface area contributed by atoms with Crippen molar-refractivity contribution in [2.24, 2.45) is 0 Å². The summed E-state index contributed by atoms with van der Waals surface area (Å²) in [6.07, 6.45) is 3.47. The summed E-state index contributed by atoms with van der Waals surface area (Å²) < 4.78 is 0. The zero-order chi connectivity index (χ0) is 17.1. The third-order valence-electron chi connectivity index (χ3n) is 3.78. The zero-order valence-electron chi connectivity index (χ0n) is 13.6. The van der Waals surface area contributed by atoms with E-state index in [1.807, 2.05) is 7.05 Å². The molecule has 2 atom stereocenters. The molecule has 0 aliphatic heterocycles. The summed E-state index contributed by atoms with van der Waals surface area (Å²) in [6.45, 7) is 1.54. The van der Waals surface area contributed by atoms with Gasteiger partial charge in [-0.25, -0.2) is 0 Å². The molecule has 1 aromatic rings. The standard InChI is InChI=1S/C16H27N3O4/c1-17-10-4-2-3-5-11-18-15(12-20)16(21)13-6-8-14(9-7-13)19(22)23/h6-9,15-18,20-21H,2-5,10-12H2,1H3/t15-,16-/m1/s1. The molecule has 0 radical (unpaired) electrons. The van der Waals surface area contributed by atoms with Gasteiger partial charge in [-0.3, -0.25) is 10.1 Å². The number of unbranched alkanes of at least 4 members (excludes halogenated alkanes) is 3. The first-order valence-corrected chi connectivity index (χ1v) is 8.01. The van der Waals surface area contributed by atoms with Gasteiger partial charge in [-0.05, 0) is 50.7 Å². The Hall–Kier alpha value is -1.54. The molecular formula is C16H27N3O4. The van der Waals surface area contributed by atoms with Crippen molar-refractivity contribution in [3.8, 4) is 0 Å². The van der Waals surface area contributed by atoms with Gasteiger partial charge in [-0.15, -0.1) is 0 Å². The maximum Gasteiger partial charge on any atom is 0.269 e. The maximum absolute atomic E-state index is 10.6. The van der Waals surface area contributed by atoms with Crippen molar-refractivity contribution >= 4 is 5.69 Å². The largest absolute Gasteiger partial charge is 0.395 e. The molecule has 130 valence electrons. The van der Waals surface area contributed by atoms with Crippen LogP contribution in [0.15, 0.2) is 24.3 Å². The molecule has 1 aromatic carbocycles. The van der Waals surface area contributed by atoms with Gasteiger partial charge in [0.25, 0.3) is 5.69 Å². The Bertz CT molecular complexity index is 453. The molecule has 0 saturated heterocycles. The molecule has 0 amide bonds. The summed E-state index contributed by atoms with van der Waals surface area (Å²) in [4.78, 5) is 10.1. The SMILES string of the molecule is CNCCCCCCN[C@H](CO)[C@H](O)c1ccc([N+](=O)[O-])cc1. The van der Waals surface area contributed by atoms with Crippen LogP contribution in [0.5, 0.6) is 0 Å². The molecule has 0 bridgehead atoms. The van der Waals surface area contributed by atoms with Crippen LogP contribution in [0.2, 0.25) is 0 Å². The summed E-state index contributed by atoms with van der Waals surface area (Å²) in [6, 6.07) is 5.27. The number of hydrogen-bond donors (Lipinski definition) is 4. The normalized spacial score (nSPS) is 13.7. The van der Waals surface area contributed by atoms with Crippen molar-refractivity contribution in [1.29, 1.82) is 0 Å². The highest BCUT2D eigenvalue weighted by Crippen LogP contribution is 2.20. The number of hydrogen-bond acceptors (Lipinski definition) is 6. The average molecular weight is 325 g/mol. The van der Waals surface area contributed by atoms with Crippen molar-refractivity contribution in [3.63, 3.8) is 0 Å². The summed E-state index contributed by atoms with van der Waals surface area (Å²) in [5.74, 6) is 0. The van der Waals surface area contributed by atoms with E-state index in [0.717, 1.165) is 38.8 Å². The van der Waals surface area contributed by atoms with Gasteiger partial charge < -0.3 is 20.8 Å². The lowest BCUT2D eigenvalue weighted by Gasteiger charge is -2.22.